The van der Waals surface area contributed by atoms with E-state index in [1.165, 1.54) is 17.9 Å². The summed E-state index contributed by atoms with van der Waals surface area (Å²) in [5.41, 5.74) is 0. The van der Waals surface area contributed by atoms with E-state index in [0.29, 0.717) is 12.0 Å². The second-order valence-electron chi connectivity index (χ2n) is 4.49. The van der Waals surface area contributed by atoms with Gasteiger partial charge in [-0.3, -0.25) is 0 Å². The van der Waals surface area contributed by atoms with Crippen molar-refractivity contribution >= 4 is 11.8 Å². The average Bonchev–Trinajstić information content (AvgIpc) is 2.80. The number of hydrogen-bond donors (Lipinski definition) is 2. The predicted molar refractivity (Wildman–Crippen MR) is 63.3 cm³/mol. The first-order valence-electron chi connectivity index (χ1n) is 5.93. The number of ether oxygens (including phenoxy) is 1. The lowest BCUT2D eigenvalue weighted by Crippen LogP contribution is -2.40. The van der Waals surface area contributed by atoms with Gasteiger partial charge in [-0.15, -0.1) is 0 Å². The number of nitrogens with one attached hydrogen (secondary N) is 1. The van der Waals surface area contributed by atoms with Gasteiger partial charge >= 0.3 is 0 Å². The van der Waals surface area contributed by atoms with Crippen LogP contribution in [0.5, 0.6) is 0 Å². The minimum atomic E-state index is -0.181. The molecule has 2 atom stereocenters. The molecule has 3 nitrogen and oxygen atoms in total. The molecule has 2 fully saturated rings. The largest absolute Gasteiger partial charge is 0.392 e. The van der Waals surface area contributed by atoms with Crippen LogP contribution in [0, 0.1) is 5.92 Å². The quantitative estimate of drug-likeness (QED) is 0.753. The maximum atomic E-state index is 10.0. The summed E-state index contributed by atoms with van der Waals surface area (Å²) < 4.78 is 5.29. The van der Waals surface area contributed by atoms with Crippen LogP contribution in [0.25, 0.3) is 0 Å². The molecule has 0 saturated carbocycles. The molecule has 2 unspecified atom stereocenters. The molecule has 2 aliphatic rings. The van der Waals surface area contributed by atoms with Crippen LogP contribution in [-0.2, 0) is 4.74 Å². The fourth-order valence-corrected chi connectivity index (χ4v) is 3.44. The highest BCUT2D eigenvalue weighted by molar-refractivity contribution is 7.99. The molecule has 0 amide bonds. The molecular formula is C11H21NO2S. The Kier molecular flexibility index (Phi) is 4.75. The highest BCUT2D eigenvalue weighted by atomic mass is 32.2. The van der Waals surface area contributed by atoms with Gasteiger partial charge in [0.2, 0.25) is 0 Å². The van der Waals surface area contributed by atoms with Gasteiger partial charge in [-0.2, -0.15) is 11.8 Å². The zero-order valence-electron chi connectivity index (χ0n) is 9.15. The second-order valence-corrected chi connectivity index (χ2v) is 5.64. The lowest BCUT2D eigenvalue weighted by atomic mass is 9.94. The smallest absolute Gasteiger partial charge is 0.0694 e. The van der Waals surface area contributed by atoms with Crippen molar-refractivity contribution in [3.05, 3.63) is 0 Å². The molecule has 0 aliphatic carbocycles. The number of rotatable bonds is 4. The lowest BCUT2D eigenvalue weighted by Gasteiger charge is -2.27. The van der Waals surface area contributed by atoms with Crippen LogP contribution in [0.2, 0.25) is 0 Å². The Labute approximate surface area is 96.0 Å². The molecule has 0 aromatic heterocycles. The molecule has 2 N–H and O–H groups in total. The van der Waals surface area contributed by atoms with Gasteiger partial charge in [0.25, 0.3) is 0 Å². The van der Waals surface area contributed by atoms with Gasteiger partial charge in [0.15, 0.2) is 0 Å². The van der Waals surface area contributed by atoms with Crippen molar-refractivity contribution in [1.29, 1.82) is 0 Å². The third-order valence-electron chi connectivity index (χ3n) is 3.36. The first-order valence-corrected chi connectivity index (χ1v) is 7.08. The first kappa shape index (κ1) is 11.7. The van der Waals surface area contributed by atoms with Gasteiger partial charge in [-0.1, -0.05) is 0 Å². The predicted octanol–water partition coefficient (Wildman–Crippen LogP) is 0.869. The topological polar surface area (TPSA) is 41.5 Å². The molecular weight excluding hydrogens is 210 g/mol. The monoisotopic (exact) mass is 231 g/mol. The molecule has 0 aromatic rings. The highest BCUT2D eigenvalue weighted by Crippen LogP contribution is 2.20. The van der Waals surface area contributed by atoms with Crippen LogP contribution in [-0.4, -0.2) is 48.5 Å². The Morgan fingerprint density at radius 1 is 1.33 bits per heavy atom. The maximum absolute atomic E-state index is 10.0. The Balaban J connectivity index is 1.64. The van der Waals surface area contributed by atoms with E-state index in [1.807, 2.05) is 11.8 Å². The summed E-state index contributed by atoms with van der Waals surface area (Å²) in [6, 6.07) is 0.629. The van der Waals surface area contributed by atoms with Gasteiger partial charge in [-0.05, 0) is 30.9 Å². The molecule has 88 valence electrons. The van der Waals surface area contributed by atoms with E-state index in [4.69, 9.17) is 4.74 Å². The SMILES string of the molecule is OC(CNC1CCSC1)C1CCOCC1. The molecule has 0 aromatic carbocycles. The van der Waals surface area contributed by atoms with E-state index in [0.717, 1.165) is 32.6 Å². The molecule has 0 spiro atoms. The summed E-state index contributed by atoms with van der Waals surface area (Å²) in [6.07, 6.45) is 3.11. The van der Waals surface area contributed by atoms with Gasteiger partial charge < -0.3 is 15.2 Å². The Hall–Kier alpha value is 0.230. The molecule has 2 saturated heterocycles. The second kappa shape index (κ2) is 6.09. The van der Waals surface area contributed by atoms with Crippen LogP contribution in [0.15, 0.2) is 0 Å². The van der Waals surface area contributed by atoms with Crippen LogP contribution >= 0.6 is 11.8 Å². The highest BCUT2D eigenvalue weighted by Gasteiger charge is 2.23. The minimum absolute atomic E-state index is 0.181. The standard InChI is InChI=1S/C11H21NO2S/c13-11(9-1-4-14-5-2-9)7-12-10-3-6-15-8-10/h9-13H,1-8H2. The molecule has 4 heteroatoms. The summed E-state index contributed by atoms with van der Waals surface area (Å²) in [7, 11) is 0. The molecule has 2 aliphatic heterocycles. The zero-order chi connectivity index (χ0) is 10.5. The van der Waals surface area contributed by atoms with Crippen LogP contribution < -0.4 is 5.32 Å². The summed E-state index contributed by atoms with van der Waals surface area (Å²) in [6.45, 7) is 2.40. The molecule has 2 rings (SSSR count). The van der Waals surface area contributed by atoms with Crippen molar-refractivity contribution in [3.63, 3.8) is 0 Å². The number of aliphatic hydroxyl groups is 1. The summed E-state index contributed by atoms with van der Waals surface area (Å²) in [4.78, 5) is 0. The van der Waals surface area contributed by atoms with Crippen molar-refractivity contribution in [2.45, 2.75) is 31.4 Å². The van der Waals surface area contributed by atoms with Crippen LogP contribution in [0.1, 0.15) is 19.3 Å². The number of aliphatic hydroxyl groups excluding tert-OH is 1. The third-order valence-corrected chi connectivity index (χ3v) is 4.52. The van der Waals surface area contributed by atoms with E-state index >= 15 is 0 Å². The van der Waals surface area contributed by atoms with E-state index in [-0.39, 0.29) is 6.10 Å². The zero-order valence-corrected chi connectivity index (χ0v) is 9.97. The lowest BCUT2D eigenvalue weighted by molar-refractivity contribution is 0.00788. The molecule has 2 heterocycles. The first-order chi connectivity index (χ1) is 7.36. The third kappa shape index (κ3) is 3.63. The van der Waals surface area contributed by atoms with E-state index < -0.39 is 0 Å². The maximum Gasteiger partial charge on any atom is 0.0694 e. The van der Waals surface area contributed by atoms with Crippen molar-refractivity contribution in [1.82, 2.24) is 5.32 Å². The van der Waals surface area contributed by atoms with Gasteiger partial charge in [0, 0.05) is 31.6 Å². The molecule has 15 heavy (non-hydrogen) atoms. The number of hydrogen-bond acceptors (Lipinski definition) is 4. The van der Waals surface area contributed by atoms with Crippen LogP contribution in [0.4, 0.5) is 0 Å². The van der Waals surface area contributed by atoms with E-state index in [2.05, 4.69) is 5.32 Å². The summed E-state index contributed by atoms with van der Waals surface area (Å²) in [5, 5.41) is 13.5. The fraction of sp³-hybridized carbons (Fsp3) is 1.00. The Bertz CT molecular complexity index is 179. The van der Waals surface area contributed by atoms with Crippen LogP contribution in [0.3, 0.4) is 0 Å². The van der Waals surface area contributed by atoms with Crippen molar-refractivity contribution in [2.75, 3.05) is 31.3 Å². The molecule has 0 radical (unpaired) electrons. The van der Waals surface area contributed by atoms with Gasteiger partial charge in [0.1, 0.15) is 0 Å². The van der Waals surface area contributed by atoms with Crippen molar-refractivity contribution < 1.29 is 9.84 Å². The Morgan fingerprint density at radius 2 is 2.13 bits per heavy atom. The Morgan fingerprint density at radius 3 is 2.80 bits per heavy atom. The normalized spacial score (nSPS) is 30.6. The minimum Gasteiger partial charge on any atom is -0.392 e. The van der Waals surface area contributed by atoms with E-state index in [1.54, 1.807) is 0 Å². The summed E-state index contributed by atoms with van der Waals surface area (Å²) in [5.74, 6) is 2.92. The van der Waals surface area contributed by atoms with E-state index in [9.17, 15) is 5.11 Å². The van der Waals surface area contributed by atoms with Crippen molar-refractivity contribution in [3.8, 4) is 0 Å². The average molecular weight is 231 g/mol. The summed E-state index contributed by atoms with van der Waals surface area (Å²) >= 11 is 2.01. The number of thioether (sulfide) groups is 1. The fourth-order valence-electron chi connectivity index (χ4n) is 2.25. The van der Waals surface area contributed by atoms with Gasteiger partial charge in [-0.25, -0.2) is 0 Å². The van der Waals surface area contributed by atoms with Crippen molar-refractivity contribution in [2.24, 2.45) is 5.92 Å². The molecule has 0 bridgehead atoms. The van der Waals surface area contributed by atoms with Gasteiger partial charge in [0.05, 0.1) is 6.10 Å².